The molecule has 3 rings (SSSR count). The molecule has 0 aromatic heterocycles. The van der Waals surface area contributed by atoms with Gasteiger partial charge >= 0.3 is 0 Å². The SMILES string of the molecule is NC(Cc1ccccc1)C(=O)Nc1ccc(N2CCCC2=O)cc1. The second-order valence-corrected chi connectivity index (χ2v) is 5.98. The summed E-state index contributed by atoms with van der Waals surface area (Å²) in [4.78, 5) is 25.7. The third-order valence-corrected chi connectivity index (χ3v) is 4.16. The Morgan fingerprint density at radius 3 is 2.46 bits per heavy atom. The van der Waals surface area contributed by atoms with E-state index in [9.17, 15) is 9.59 Å². The van der Waals surface area contributed by atoms with Crippen molar-refractivity contribution in [3.63, 3.8) is 0 Å². The van der Waals surface area contributed by atoms with Crippen LogP contribution < -0.4 is 16.0 Å². The molecular weight excluding hydrogens is 302 g/mol. The Bertz CT molecular complexity index is 713. The van der Waals surface area contributed by atoms with Crippen LogP contribution in [0.3, 0.4) is 0 Å². The van der Waals surface area contributed by atoms with Crippen LogP contribution in [0.15, 0.2) is 54.6 Å². The first-order valence-corrected chi connectivity index (χ1v) is 8.14. The van der Waals surface area contributed by atoms with Crippen molar-refractivity contribution < 1.29 is 9.59 Å². The molecule has 1 fully saturated rings. The van der Waals surface area contributed by atoms with Crippen molar-refractivity contribution in [3.05, 3.63) is 60.2 Å². The van der Waals surface area contributed by atoms with Gasteiger partial charge in [-0.05, 0) is 42.7 Å². The number of nitrogens with one attached hydrogen (secondary N) is 1. The Morgan fingerprint density at radius 2 is 1.83 bits per heavy atom. The van der Waals surface area contributed by atoms with E-state index in [4.69, 9.17) is 5.73 Å². The minimum Gasteiger partial charge on any atom is -0.325 e. The van der Waals surface area contributed by atoms with Gasteiger partial charge in [0.1, 0.15) is 0 Å². The molecule has 1 heterocycles. The summed E-state index contributed by atoms with van der Waals surface area (Å²) in [7, 11) is 0. The zero-order chi connectivity index (χ0) is 16.9. The summed E-state index contributed by atoms with van der Waals surface area (Å²) < 4.78 is 0. The van der Waals surface area contributed by atoms with Gasteiger partial charge in [-0.1, -0.05) is 30.3 Å². The predicted molar refractivity (Wildman–Crippen MR) is 94.8 cm³/mol. The zero-order valence-electron chi connectivity index (χ0n) is 13.4. The Balaban J connectivity index is 1.59. The average Bonchev–Trinajstić information content (AvgIpc) is 3.02. The van der Waals surface area contributed by atoms with E-state index >= 15 is 0 Å². The lowest BCUT2D eigenvalue weighted by molar-refractivity contribution is -0.118. The van der Waals surface area contributed by atoms with Crippen LogP contribution in [0.4, 0.5) is 11.4 Å². The molecule has 2 aromatic carbocycles. The van der Waals surface area contributed by atoms with Gasteiger partial charge in [-0.2, -0.15) is 0 Å². The molecule has 1 atom stereocenters. The maximum absolute atomic E-state index is 12.2. The van der Waals surface area contributed by atoms with E-state index in [2.05, 4.69) is 5.32 Å². The normalized spacial score (nSPS) is 15.4. The molecule has 1 unspecified atom stereocenters. The van der Waals surface area contributed by atoms with Crippen LogP contribution in [0.2, 0.25) is 0 Å². The molecule has 1 saturated heterocycles. The Labute approximate surface area is 141 Å². The van der Waals surface area contributed by atoms with Gasteiger partial charge in [-0.3, -0.25) is 9.59 Å². The number of anilines is 2. The molecule has 0 saturated carbocycles. The van der Waals surface area contributed by atoms with Gasteiger partial charge in [0.25, 0.3) is 0 Å². The summed E-state index contributed by atoms with van der Waals surface area (Å²) in [6, 6.07) is 16.4. The number of rotatable bonds is 5. The van der Waals surface area contributed by atoms with Crippen LogP contribution in [0.5, 0.6) is 0 Å². The molecule has 124 valence electrons. The number of amides is 2. The van der Waals surface area contributed by atoms with Gasteiger partial charge in [0.2, 0.25) is 11.8 Å². The summed E-state index contributed by atoms with van der Waals surface area (Å²) in [6.45, 7) is 0.756. The highest BCUT2D eigenvalue weighted by Crippen LogP contribution is 2.23. The summed E-state index contributed by atoms with van der Waals surface area (Å²) in [5, 5.41) is 2.82. The smallest absolute Gasteiger partial charge is 0.241 e. The number of carbonyl (C=O) groups excluding carboxylic acids is 2. The molecule has 2 aromatic rings. The highest BCUT2D eigenvalue weighted by Gasteiger charge is 2.21. The van der Waals surface area contributed by atoms with E-state index in [0.29, 0.717) is 18.5 Å². The van der Waals surface area contributed by atoms with Crippen LogP contribution in [0.25, 0.3) is 0 Å². The fourth-order valence-electron chi connectivity index (χ4n) is 2.84. The number of hydrogen-bond donors (Lipinski definition) is 2. The molecule has 0 aliphatic carbocycles. The first-order valence-electron chi connectivity index (χ1n) is 8.14. The highest BCUT2D eigenvalue weighted by molar-refractivity contribution is 5.97. The monoisotopic (exact) mass is 323 g/mol. The lowest BCUT2D eigenvalue weighted by Crippen LogP contribution is -2.37. The van der Waals surface area contributed by atoms with Gasteiger partial charge in [0.05, 0.1) is 6.04 Å². The number of hydrogen-bond acceptors (Lipinski definition) is 3. The molecular formula is C19H21N3O2. The van der Waals surface area contributed by atoms with Gasteiger partial charge in [-0.15, -0.1) is 0 Å². The summed E-state index contributed by atoms with van der Waals surface area (Å²) >= 11 is 0. The fourth-order valence-corrected chi connectivity index (χ4v) is 2.84. The summed E-state index contributed by atoms with van der Waals surface area (Å²) in [6.07, 6.45) is 1.99. The fraction of sp³-hybridized carbons (Fsp3) is 0.263. The second-order valence-electron chi connectivity index (χ2n) is 5.98. The average molecular weight is 323 g/mol. The molecule has 2 amide bonds. The lowest BCUT2D eigenvalue weighted by Gasteiger charge is -2.17. The summed E-state index contributed by atoms with van der Waals surface area (Å²) in [5.74, 6) is -0.0690. The van der Waals surface area contributed by atoms with E-state index in [-0.39, 0.29) is 11.8 Å². The maximum Gasteiger partial charge on any atom is 0.241 e. The number of benzene rings is 2. The first-order chi connectivity index (χ1) is 11.6. The molecule has 3 N–H and O–H groups in total. The molecule has 5 nitrogen and oxygen atoms in total. The number of nitrogens with two attached hydrogens (primary N) is 1. The molecule has 1 aliphatic rings. The van der Waals surface area contributed by atoms with Crippen LogP contribution >= 0.6 is 0 Å². The number of nitrogens with zero attached hydrogens (tertiary/aromatic N) is 1. The van der Waals surface area contributed by atoms with Gasteiger partial charge in [-0.25, -0.2) is 0 Å². The van der Waals surface area contributed by atoms with Crippen LogP contribution in [0, 0.1) is 0 Å². The van der Waals surface area contributed by atoms with E-state index in [1.807, 2.05) is 42.5 Å². The quantitative estimate of drug-likeness (QED) is 0.886. The van der Waals surface area contributed by atoms with Crippen LogP contribution in [0.1, 0.15) is 18.4 Å². The van der Waals surface area contributed by atoms with Crippen LogP contribution in [-0.4, -0.2) is 24.4 Å². The Morgan fingerprint density at radius 1 is 1.12 bits per heavy atom. The Kier molecular flexibility index (Phi) is 4.91. The molecule has 0 bridgehead atoms. The Hall–Kier alpha value is -2.66. The molecule has 0 radical (unpaired) electrons. The molecule has 1 aliphatic heterocycles. The van der Waals surface area contributed by atoms with Crippen LogP contribution in [-0.2, 0) is 16.0 Å². The van der Waals surface area contributed by atoms with E-state index < -0.39 is 6.04 Å². The third kappa shape index (κ3) is 3.81. The van der Waals surface area contributed by atoms with E-state index in [1.165, 1.54) is 0 Å². The number of carbonyl (C=O) groups is 2. The van der Waals surface area contributed by atoms with Crippen molar-refractivity contribution in [1.82, 2.24) is 0 Å². The van der Waals surface area contributed by atoms with Gasteiger partial charge in [0.15, 0.2) is 0 Å². The van der Waals surface area contributed by atoms with Gasteiger partial charge in [0, 0.05) is 24.3 Å². The standard InChI is InChI=1S/C19H21N3O2/c20-17(13-14-5-2-1-3-6-14)19(24)21-15-8-10-16(11-9-15)22-12-4-7-18(22)23/h1-3,5-6,8-11,17H,4,7,12-13,20H2,(H,21,24). The second kappa shape index (κ2) is 7.27. The van der Waals surface area contributed by atoms with Gasteiger partial charge < -0.3 is 16.0 Å². The van der Waals surface area contributed by atoms with Crippen molar-refractivity contribution in [2.75, 3.05) is 16.8 Å². The maximum atomic E-state index is 12.2. The predicted octanol–water partition coefficient (Wildman–Crippen LogP) is 2.32. The van der Waals surface area contributed by atoms with Crippen molar-refractivity contribution in [2.24, 2.45) is 5.73 Å². The van der Waals surface area contributed by atoms with Crippen molar-refractivity contribution >= 4 is 23.2 Å². The topological polar surface area (TPSA) is 75.4 Å². The first kappa shape index (κ1) is 16.2. The minimum absolute atomic E-state index is 0.150. The summed E-state index contributed by atoms with van der Waals surface area (Å²) in [5.41, 5.74) is 8.55. The molecule has 0 spiro atoms. The van der Waals surface area contributed by atoms with E-state index in [0.717, 1.165) is 24.2 Å². The van der Waals surface area contributed by atoms with Crippen molar-refractivity contribution in [1.29, 1.82) is 0 Å². The lowest BCUT2D eigenvalue weighted by atomic mass is 10.1. The van der Waals surface area contributed by atoms with Crippen molar-refractivity contribution in [3.8, 4) is 0 Å². The molecule has 24 heavy (non-hydrogen) atoms. The van der Waals surface area contributed by atoms with E-state index in [1.54, 1.807) is 17.0 Å². The zero-order valence-corrected chi connectivity index (χ0v) is 13.4. The van der Waals surface area contributed by atoms with Crippen molar-refractivity contribution in [2.45, 2.75) is 25.3 Å². The largest absolute Gasteiger partial charge is 0.325 e. The molecule has 5 heteroatoms. The minimum atomic E-state index is -0.604. The highest BCUT2D eigenvalue weighted by atomic mass is 16.2. The third-order valence-electron chi connectivity index (χ3n) is 4.16.